The van der Waals surface area contributed by atoms with E-state index < -0.39 is 6.10 Å². The highest BCUT2D eigenvalue weighted by Gasteiger charge is 2.35. The third-order valence-corrected chi connectivity index (χ3v) is 5.63. The maximum Gasteiger partial charge on any atom is 0.306 e. The molecule has 0 aliphatic heterocycles. The van der Waals surface area contributed by atoms with Crippen molar-refractivity contribution in [3.8, 4) is 0 Å². The molecule has 0 heterocycles. The number of aliphatic hydroxyl groups is 1. The summed E-state index contributed by atoms with van der Waals surface area (Å²) in [5.74, 6) is -0.281. The van der Waals surface area contributed by atoms with E-state index in [1.807, 2.05) is 0 Å². The van der Waals surface area contributed by atoms with E-state index in [-0.39, 0.29) is 30.6 Å². The first-order valence-corrected chi connectivity index (χ1v) is 11.6. The second-order valence-corrected chi connectivity index (χ2v) is 8.25. The summed E-state index contributed by atoms with van der Waals surface area (Å²) in [7, 11) is 0. The van der Waals surface area contributed by atoms with Crippen LogP contribution in [0, 0.1) is 5.92 Å². The number of carbonyl (C=O) groups excluding carboxylic acids is 2. The van der Waals surface area contributed by atoms with Crippen molar-refractivity contribution in [2.24, 2.45) is 5.92 Å². The quantitative estimate of drug-likeness (QED) is 0.298. The zero-order valence-electron chi connectivity index (χ0n) is 18.1. The van der Waals surface area contributed by atoms with Crippen LogP contribution < -0.4 is 0 Å². The van der Waals surface area contributed by atoms with Crippen molar-refractivity contribution in [3.05, 3.63) is 0 Å². The molecule has 1 aliphatic carbocycles. The van der Waals surface area contributed by atoms with Crippen molar-refractivity contribution in [3.63, 3.8) is 0 Å². The molecule has 0 radical (unpaired) electrons. The van der Waals surface area contributed by atoms with Gasteiger partial charge in [0.2, 0.25) is 0 Å². The molecule has 0 saturated heterocycles. The molecule has 1 saturated carbocycles. The lowest BCUT2D eigenvalue weighted by Crippen LogP contribution is -2.41. The number of hydrogen-bond donors (Lipinski definition) is 1. The summed E-state index contributed by atoms with van der Waals surface area (Å²) in [5.41, 5.74) is 0. The number of rotatable bonds is 15. The fraction of sp³-hybridized carbons (Fsp3) is 0.913. The molecule has 1 aliphatic rings. The molecule has 1 N–H and O–H groups in total. The van der Waals surface area contributed by atoms with E-state index in [0.717, 1.165) is 44.9 Å². The van der Waals surface area contributed by atoms with E-state index in [2.05, 4.69) is 13.8 Å². The number of aliphatic hydroxyl groups excluding tert-OH is 1. The first-order chi connectivity index (χ1) is 13.6. The molecule has 3 atom stereocenters. The number of carbonyl (C=O) groups is 2. The lowest BCUT2D eigenvalue weighted by Gasteiger charge is -2.34. The van der Waals surface area contributed by atoms with Crippen molar-refractivity contribution in [1.29, 1.82) is 0 Å². The van der Waals surface area contributed by atoms with E-state index in [1.165, 1.54) is 25.7 Å². The Morgan fingerprint density at radius 1 is 0.750 bits per heavy atom. The van der Waals surface area contributed by atoms with Gasteiger partial charge in [-0.25, -0.2) is 0 Å². The monoisotopic (exact) mass is 398 g/mol. The van der Waals surface area contributed by atoms with Crippen LogP contribution in [0.25, 0.3) is 0 Å². The van der Waals surface area contributed by atoms with Gasteiger partial charge in [-0.15, -0.1) is 0 Å². The van der Waals surface area contributed by atoms with Crippen molar-refractivity contribution >= 4 is 11.9 Å². The Bertz CT molecular complexity index is 423. The molecule has 1 fully saturated rings. The highest BCUT2D eigenvalue weighted by molar-refractivity contribution is 5.70. The number of ether oxygens (including phenoxy) is 2. The molecule has 5 nitrogen and oxygen atoms in total. The maximum atomic E-state index is 12.2. The molecule has 1 unspecified atom stereocenters. The molecule has 0 aromatic rings. The summed E-state index contributed by atoms with van der Waals surface area (Å²) < 4.78 is 11.3. The number of unbranched alkanes of at least 4 members (excludes halogenated alkanes) is 8. The summed E-state index contributed by atoms with van der Waals surface area (Å²) in [5, 5.41) is 9.47. The first kappa shape index (κ1) is 24.9. The molecule has 0 amide bonds. The van der Waals surface area contributed by atoms with Crippen LogP contribution in [0.1, 0.15) is 110 Å². The van der Waals surface area contributed by atoms with Crippen molar-refractivity contribution in [2.45, 2.75) is 122 Å². The summed E-state index contributed by atoms with van der Waals surface area (Å²) >= 11 is 0. The van der Waals surface area contributed by atoms with Crippen LogP contribution in [-0.2, 0) is 19.1 Å². The molecule has 5 heteroatoms. The predicted molar refractivity (Wildman–Crippen MR) is 111 cm³/mol. The Labute approximate surface area is 171 Å². The highest BCUT2D eigenvalue weighted by atomic mass is 16.6. The summed E-state index contributed by atoms with van der Waals surface area (Å²) in [4.78, 5) is 24.4. The van der Waals surface area contributed by atoms with Gasteiger partial charge in [-0.2, -0.15) is 0 Å². The molecule has 0 aromatic carbocycles. The minimum atomic E-state index is -0.418. The third kappa shape index (κ3) is 11.0. The zero-order chi connectivity index (χ0) is 20.6. The van der Waals surface area contributed by atoms with Crippen LogP contribution >= 0.6 is 0 Å². The first-order valence-electron chi connectivity index (χ1n) is 11.6. The van der Waals surface area contributed by atoms with Gasteiger partial charge in [0, 0.05) is 19.4 Å². The van der Waals surface area contributed by atoms with E-state index in [0.29, 0.717) is 25.7 Å². The average Bonchev–Trinajstić information content (AvgIpc) is 2.69. The Kier molecular flexibility index (Phi) is 14.1. The van der Waals surface area contributed by atoms with Crippen LogP contribution in [-0.4, -0.2) is 35.9 Å². The highest BCUT2D eigenvalue weighted by Crippen LogP contribution is 2.29. The maximum absolute atomic E-state index is 12.2. The van der Waals surface area contributed by atoms with Gasteiger partial charge in [0.05, 0.1) is 0 Å². The fourth-order valence-electron chi connectivity index (χ4n) is 3.81. The Morgan fingerprint density at radius 2 is 1.25 bits per heavy atom. The Balaban J connectivity index is 2.39. The van der Waals surface area contributed by atoms with E-state index in [4.69, 9.17) is 9.47 Å². The number of esters is 2. The largest absolute Gasteiger partial charge is 0.458 e. The molecular formula is C23H42O5. The van der Waals surface area contributed by atoms with E-state index in [9.17, 15) is 14.7 Å². The SMILES string of the molecule is CCCCCCCC(=O)O[C@H]1CC(CO)CC[C@H]1OC(=O)CCCCCCC. The second-order valence-electron chi connectivity index (χ2n) is 8.25. The van der Waals surface area contributed by atoms with Gasteiger partial charge in [0.15, 0.2) is 0 Å². The minimum absolute atomic E-state index is 0.0865. The van der Waals surface area contributed by atoms with E-state index >= 15 is 0 Å². The van der Waals surface area contributed by atoms with Gasteiger partial charge in [-0.3, -0.25) is 9.59 Å². The van der Waals surface area contributed by atoms with Gasteiger partial charge in [0.25, 0.3) is 0 Å². The van der Waals surface area contributed by atoms with Crippen molar-refractivity contribution < 1.29 is 24.2 Å². The van der Waals surface area contributed by atoms with Gasteiger partial charge in [-0.1, -0.05) is 65.2 Å². The Hall–Kier alpha value is -1.10. The summed E-state index contributed by atoms with van der Waals surface area (Å²) in [6.45, 7) is 4.42. The van der Waals surface area contributed by atoms with Crippen LogP contribution in [0.2, 0.25) is 0 Å². The zero-order valence-corrected chi connectivity index (χ0v) is 18.1. The van der Waals surface area contributed by atoms with Crippen molar-refractivity contribution in [2.75, 3.05) is 6.61 Å². The Morgan fingerprint density at radius 3 is 1.75 bits per heavy atom. The topological polar surface area (TPSA) is 72.8 Å². The van der Waals surface area contributed by atoms with Gasteiger partial charge in [0.1, 0.15) is 12.2 Å². The molecule has 0 aromatic heterocycles. The lowest BCUT2D eigenvalue weighted by atomic mass is 9.85. The van der Waals surface area contributed by atoms with Crippen LogP contribution in [0.15, 0.2) is 0 Å². The van der Waals surface area contributed by atoms with Gasteiger partial charge in [-0.05, 0) is 38.0 Å². The van der Waals surface area contributed by atoms with Gasteiger partial charge >= 0.3 is 11.9 Å². The van der Waals surface area contributed by atoms with E-state index in [1.54, 1.807) is 0 Å². The molecule has 0 spiro atoms. The standard InChI is InChI=1S/C23H42O5/c1-3-5-7-9-11-13-22(25)27-20-16-15-19(18-24)17-21(20)28-23(26)14-12-10-8-6-4-2/h19-21,24H,3-18H2,1-2H3/t19?,20-,21+/m1/s1. The second kappa shape index (κ2) is 15.8. The van der Waals surface area contributed by atoms with Crippen LogP contribution in [0.5, 0.6) is 0 Å². The van der Waals surface area contributed by atoms with Gasteiger partial charge < -0.3 is 14.6 Å². The average molecular weight is 399 g/mol. The van der Waals surface area contributed by atoms with Crippen molar-refractivity contribution in [1.82, 2.24) is 0 Å². The third-order valence-electron chi connectivity index (χ3n) is 5.63. The fourth-order valence-corrected chi connectivity index (χ4v) is 3.81. The summed E-state index contributed by atoms with van der Waals surface area (Å²) in [6.07, 6.45) is 13.0. The smallest absolute Gasteiger partial charge is 0.306 e. The molecule has 0 bridgehead atoms. The predicted octanol–water partition coefficient (Wildman–Crippen LogP) is 5.32. The van der Waals surface area contributed by atoms with Crippen LogP contribution in [0.4, 0.5) is 0 Å². The molecular weight excluding hydrogens is 356 g/mol. The molecule has 1 rings (SSSR count). The summed E-state index contributed by atoms with van der Waals surface area (Å²) in [6, 6.07) is 0. The molecule has 164 valence electrons. The lowest BCUT2D eigenvalue weighted by molar-refractivity contribution is -0.174. The normalized spacial score (nSPS) is 22.0. The minimum Gasteiger partial charge on any atom is -0.458 e. The van der Waals surface area contributed by atoms with Crippen LogP contribution in [0.3, 0.4) is 0 Å². The molecule has 28 heavy (non-hydrogen) atoms. The number of hydrogen-bond acceptors (Lipinski definition) is 5.